The summed E-state index contributed by atoms with van der Waals surface area (Å²) in [5, 5.41) is 9.27. The molecule has 21 heavy (non-hydrogen) atoms. The predicted octanol–water partition coefficient (Wildman–Crippen LogP) is 4.43. The smallest absolute Gasteiger partial charge is 0.261 e. The minimum Gasteiger partial charge on any atom is -0.278 e. The fourth-order valence-corrected chi connectivity index (χ4v) is 3.57. The summed E-state index contributed by atoms with van der Waals surface area (Å²) < 4.78 is 27.6. The SMILES string of the molecule is N#Cc1ccc(S(=O)(=O)Nc2cc(Cl)ccc2Br)cc1Cl. The Morgan fingerprint density at radius 1 is 1.14 bits per heavy atom. The van der Waals surface area contributed by atoms with Crippen LogP contribution in [0.1, 0.15) is 5.56 Å². The van der Waals surface area contributed by atoms with Crippen molar-refractivity contribution in [2.24, 2.45) is 0 Å². The van der Waals surface area contributed by atoms with Crippen LogP contribution < -0.4 is 4.72 Å². The van der Waals surface area contributed by atoms with Crippen molar-refractivity contribution in [3.8, 4) is 6.07 Å². The molecule has 0 atom stereocenters. The third kappa shape index (κ3) is 3.69. The molecule has 4 nitrogen and oxygen atoms in total. The normalized spacial score (nSPS) is 11.0. The molecule has 0 spiro atoms. The number of halogens is 3. The van der Waals surface area contributed by atoms with Gasteiger partial charge in [-0.05, 0) is 52.3 Å². The molecule has 0 amide bonds. The van der Waals surface area contributed by atoms with Gasteiger partial charge < -0.3 is 0 Å². The van der Waals surface area contributed by atoms with Crippen molar-refractivity contribution in [2.45, 2.75) is 4.90 Å². The highest BCUT2D eigenvalue weighted by Gasteiger charge is 2.17. The fraction of sp³-hybridized carbons (Fsp3) is 0. The number of anilines is 1. The molecule has 0 unspecified atom stereocenters. The van der Waals surface area contributed by atoms with E-state index < -0.39 is 10.0 Å². The summed E-state index contributed by atoms with van der Waals surface area (Å²) in [6.45, 7) is 0. The first-order chi connectivity index (χ1) is 9.83. The standard InChI is InChI=1S/C13H7BrCl2N2O2S/c14-11-4-2-9(15)5-13(11)18-21(19,20)10-3-1-8(7-17)12(16)6-10/h1-6,18H. The second-order valence-electron chi connectivity index (χ2n) is 3.98. The van der Waals surface area contributed by atoms with Gasteiger partial charge in [0, 0.05) is 9.50 Å². The minimum absolute atomic E-state index is 0.0432. The molecule has 2 aromatic rings. The Morgan fingerprint density at radius 2 is 1.86 bits per heavy atom. The minimum atomic E-state index is -3.83. The van der Waals surface area contributed by atoms with Crippen LogP contribution in [0.25, 0.3) is 0 Å². The van der Waals surface area contributed by atoms with E-state index in [0.717, 1.165) is 0 Å². The Labute approximate surface area is 140 Å². The van der Waals surface area contributed by atoms with Gasteiger partial charge in [0.2, 0.25) is 0 Å². The summed E-state index contributed by atoms with van der Waals surface area (Å²) in [6.07, 6.45) is 0. The van der Waals surface area contributed by atoms with Gasteiger partial charge >= 0.3 is 0 Å². The lowest BCUT2D eigenvalue weighted by atomic mass is 10.2. The van der Waals surface area contributed by atoms with Crippen LogP contribution in [-0.4, -0.2) is 8.42 Å². The predicted molar refractivity (Wildman–Crippen MR) is 86.1 cm³/mol. The van der Waals surface area contributed by atoms with Crippen LogP contribution in [0.4, 0.5) is 5.69 Å². The Morgan fingerprint density at radius 3 is 2.48 bits per heavy atom. The topological polar surface area (TPSA) is 70.0 Å². The lowest BCUT2D eigenvalue weighted by Gasteiger charge is -2.10. The Bertz CT molecular complexity index is 848. The number of hydrogen-bond donors (Lipinski definition) is 1. The summed E-state index contributed by atoms with van der Waals surface area (Å²) in [5.74, 6) is 0. The van der Waals surface area contributed by atoms with E-state index in [4.69, 9.17) is 28.5 Å². The van der Waals surface area contributed by atoms with Crippen molar-refractivity contribution in [1.82, 2.24) is 0 Å². The van der Waals surface area contributed by atoms with E-state index in [9.17, 15) is 8.42 Å². The van der Waals surface area contributed by atoms with E-state index in [0.29, 0.717) is 15.2 Å². The van der Waals surface area contributed by atoms with Crippen molar-refractivity contribution in [3.63, 3.8) is 0 Å². The van der Waals surface area contributed by atoms with E-state index in [1.165, 1.54) is 24.3 Å². The number of rotatable bonds is 3. The maximum absolute atomic E-state index is 12.3. The molecule has 0 heterocycles. The molecule has 0 radical (unpaired) electrons. The van der Waals surface area contributed by atoms with Crippen LogP contribution in [-0.2, 0) is 10.0 Å². The second-order valence-corrected chi connectivity index (χ2v) is 7.36. The van der Waals surface area contributed by atoms with Crippen molar-refractivity contribution < 1.29 is 8.42 Å². The molecule has 0 aliphatic carbocycles. The van der Waals surface area contributed by atoms with Crippen LogP contribution in [0.15, 0.2) is 45.8 Å². The van der Waals surface area contributed by atoms with E-state index >= 15 is 0 Å². The fourth-order valence-electron chi connectivity index (χ4n) is 1.53. The van der Waals surface area contributed by atoms with Gasteiger partial charge in [0.1, 0.15) is 6.07 Å². The second kappa shape index (κ2) is 6.24. The van der Waals surface area contributed by atoms with Gasteiger partial charge in [0.25, 0.3) is 10.0 Å². The number of sulfonamides is 1. The van der Waals surface area contributed by atoms with E-state index in [2.05, 4.69) is 20.7 Å². The van der Waals surface area contributed by atoms with E-state index in [1.54, 1.807) is 12.1 Å². The molecule has 0 aliphatic heterocycles. The monoisotopic (exact) mass is 404 g/mol. The molecule has 0 fully saturated rings. The van der Waals surface area contributed by atoms with E-state index in [-0.39, 0.29) is 15.5 Å². The van der Waals surface area contributed by atoms with Crippen molar-refractivity contribution >= 4 is 54.8 Å². The highest BCUT2D eigenvalue weighted by molar-refractivity contribution is 9.10. The summed E-state index contributed by atoms with van der Waals surface area (Å²) in [5.41, 5.74) is 0.516. The van der Waals surface area contributed by atoms with Gasteiger partial charge in [-0.1, -0.05) is 23.2 Å². The van der Waals surface area contributed by atoms with Gasteiger partial charge in [-0.3, -0.25) is 4.72 Å². The largest absolute Gasteiger partial charge is 0.278 e. The van der Waals surface area contributed by atoms with Crippen LogP contribution in [0, 0.1) is 11.3 Å². The number of benzene rings is 2. The van der Waals surface area contributed by atoms with Crippen LogP contribution in [0.2, 0.25) is 10.0 Å². The molecule has 0 aromatic heterocycles. The van der Waals surface area contributed by atoms with Gasteiger partial charge in [0.05, 0.1) is 21.2 Å². The van der Waals surface area contributed by atoms with Crippen LogP contribution >= 0.6 is 39.1 Å². The molecule has 0 aliphatic rings. The molecule has 108 valence electrons. The summed E-state index contributed by atoms with van der Waals surface area (Å²) in [6, 6.07) is 10.5. The number of hydrogen-bond acceptors (Lipinski definition) is 3. The summed E-state index contributed by atoms with van der Waals surface area (Å²) in [7, 11) is -3.83. The average molecular weight is 406 g/mol. The third-order valence-electron chi connectivity index (χ3n) is 2.54. The molecule has 0 saturated heterocycles. The van der Waals surface area contributed by atoms with Gasteiger partial charge in [-0.2, -0.15) is 5.26 Å². The maximum atomic E-state index is 12.3. The Balaban J connectivity index is 2.41. The quantitative estimate of drug-likeness (QED) is 0.820. The van der Waals surface area contributed by atoms with E-state index in [1.807, 2.05) is 6.07 Å². The summed E-state index contributed by atoms with van der Waals surface area (Å²) in [4.78, 5) is -0.0432. The molecule has 8 heteroatoms. The first-order valence-electron chi connectivity index (χ1n) is 5.51. The summed E-state index contributed by atoms with van der Waals surface area (Å²) >= 11 is 14.9. The zero-order chi connectivity index (χ0) is 15.6. The number of nitrogens with zero attached hydrogens (tertiary/aromatic N) is 1. The molecule has 2 aromatic carbocycles. The first kappa shape index (κ1) is 16.1. The maximum Gasteiger partial charge on any atom is 0.261 e. The van der Waals surface area contributed by atoms with Gasteiger partial charge in [-0.25, -0.2) is 8.42 Å². The van der Waals surface area contributed by atoms with Crippen molar-refractivity contribution in [3.05, 3.63) is 56.5 Å². The third-order valence-corrected chi connectivity index (χ3v) is 5.15. The Kier molecular flexibility index (Phi) is 4.79. The lowest BCUT2D eigenvalue weighted by Crippen LogP contribution is -2.13. The molecular weight excluding hydrogens is 399 g/mol. The number of nitriles is 1. The molecule has 1 N–H and O–H groups in total. The molecule has 0 bridgehead atoms. The highest BCUT2D eigenvalue weighted by Crippen LogP contribution is 2.29. The van der Waals surface area contributed by atoms with Gasteiger partial charge in [0.15, 0.2) is 0 Å². The molecule has 0 saturated carbocycles. The van der Waals surface area contributed by atoms with Crippen molar-refractivity contribution in [2.75, 3.05) is 4.72 Å². The first-order valence-corrected chi connectivity index (χ1v) is 8.54. The van der Waals surface area contributed by atoms with Gasteiger partial charge in [-0.15, -0.1) is 0 Å². The zero-order valence-corrected chi connectivity index (χ0v) is 14.2. The number of nitrogens with one attached hydrogen (secondary N) is 1. The lowest BCUT2D eigenvalue weighted by molar-refractivity contribution is 0.601. The van der Waals surface area contributed by atoms with Crippen LogP contribution in [0.5, 0.6) is 0 Å². The highest BCUT2D eigenvalue weighted by atomic mass is 79.9. The zero-order valence-electron chi connectivity index (χ0n) is 10.3. The Hall–Kier alpha value is -1.26. The van der Waals surface area contributed by atoms with Crippen molar-refractivity contribution in [1.29, 1.82) is 5.26 Å². The average Bonchev–Trinajstić information content (AvgIpc) is 2.42. The molecule has 2 rings (SSSR count). The molecular formula is C13H7BrCl2N2O2S. The van der Waals surface area contributed by atoms with Crippen LogP contribution in [0.3, 0.4) is 0 Å².